The molecule has 2 fully saturated rings. The van der Waals surface area contributed by atoms with Crippen LogP contribution in [0.1, 0.15) is 26.7 Å². The topological polar surface area (TPSA) is 44.7 Å². The standard InChI is InChI=1S/C17H29N5O/c1-14-11-21(12-15(2)23-14)9-8-20(3)16-10-17(19-13-18-16)22-6-4-5-7-22/h10,13-15H,4-9,11-12H2,1-3H3/t14-,15+. The van der Waals surface area contributed by atoms with E-state index >= 15 is 0 Å². The monoisotopic (exact) mass is 319 g/mol. The smallest absolute Gasteiger partial charge is 0.134 e. The fourth-order valence-corrected chi connectivity index (χ4v) is 3.54. The van der Waals surface area contributed by atoms with Crippen LogP contribution in [0.4, 0.5) is 11.6 Å². The molecule has 23 heavy (non-hydrogen) atoms. The molecule has 3 rings (SSSR count). The van der Waals surface area contributed by atoms with Crippen molar-refractivity contribution in [1.29, 1.82) is 0 Å². The van der Waals surface area contributed by atoms with Gasteiger partial charge in [-0.05, 0) is 26.7 Å². The molecule has 0 bridgehead atoms. The van der Waals surface area contributed by atoms with Gasteiger partial charge in [0.2, 0.25) is 0 Å². The van der Waals surface area contributed by atoms with Gasteiger partial charge in [-0.25, -0.2) is 9.97 Å². The Bertz CT molecular complexity index is 496. The van der Waals surface area contributed by atoms with Crippen LogP contribution in [0, 0.1) is 0 Å². The third-order valence-corrected chi connectivity index (χ3v) is 4.71. The number of hydrogen-bond donors (Lipinski definition) is 0. The number of aromatic nitrogens is 2. The quantitative estimate of drug-likeness (QED) is 0.822. The number of anilines is 2. The molecule has 0 unspecified atom stereocenters. The maximum atomic E-state index is 5.80. The Balaban J connectivity index is 1.55. The Kier molecular flexibility index (Phi) is 5.33. The van der Waals surface area contributed by atoms with Gasteiger partial charge in [-0.2, -0.15) is 0 Å². The number of morpholine rings is 1. The van der Waals surface area contributed by atoms with Crippen LogP contribution in [0.5, 0.6) is 0 Å². The predicted molar refractivity (Wildman–Crippen MR) is 93.2 cm³/mol. The summed E-state index contributed by atoms with van der Waals surface area (Å²) in [5, 5.41) is 0. The van der Waals surface area contributed by atoms with Gasteiger partial charge >= 0.3 is 0 Å². The Morgan fingerprint density at radius 2 is 1.87 bits per heavy atom. The molecule has 1 aromatic rings. The highest BCUT2D eigenvalue weighted by Crippen LogP contribution is 2.20. The molecule has 0 amide bonds. The molecule has 0 N–H and O–H groups in total. The molecular formula is C17H29N5O. The van der Waals surface area contributed by atoms with E-state index in [1.807, 2.05) is 0 Å². The lowest BCUT2D eigenvalue weighted by Gasteiger charge is -2.36. The zero-order valence-corrected chi connectivity index (χ0v) is 14.6. The highest BCUT2D eigenvalue weighted by molar-refractivity contribution is 5.50. The first kappa shape index (κ1) is 16.5. The van der Waals surface area contributed by atoms with E-state index < -0.39 is 0 Å². The normalized spacial score (nSPS) is 25.8. The van der Waals surface area contributed by atoms with Gasteiger partial charge in [-0.15, -0.1) is 0 Å². The van der Waals surface area contributed by atoms with Crippen LogP contribution in [0.2, 0.25) is 0 Å². The van der Waals surface area contributed by atoms with Crippen LogP contribution in [-0.2, 0) is 4.74 Å². The van der Waals surface area contributed by atoms with Crippen molar-refractivity contribution < 1.29 is 4.74 Å². The number of likely N-dealkylation sites (N-methyl/N-ethyl adjacent to an activating group) is 1. The highest BCUT2D eigenvalue weighted by Gasteiger charge is 2.22. The zero-order valence-electron chi connectivity index (χ0n) is 14.6. The maximum absolute atomic E-state index is 5.80. The van der Waals surface area contributed by atoms with Crippen molar-refractivity contribution in [2.45, 2.75) is 38.9 Å². The molecule has 2 atom stereocenters. The fraction of sp³-hybridized carbons (Fsp3) is 0.765. The van der Waals surface area contributed by atoms with Gasteiger partial charge in [0.25, 0.3) is 0 Å². The summed E-state index contributed by atoms with van der Waals surface area (Å²) >= 11 is 0. The second-order valence-electron chi connectivity index (χ2n) is 6.87. The SMILES string of the molecule is C[C@@H]1CN(CCN(C)c2cc(N3CCCC3)ncn2)C[C@H](C)O1. The molecule has 1 aromatic heterocycles. The van der Waals surface area contributed by atoms with E-state index in [0.717, 1.165) is 50.9 Å². The Labute approximate surface area is 139 Å². The first-order chi connectivity index (χ1) is 11.1. The molecule has 0 spiro atoms. The number of rotatable bonds is 5. The van der Waals surface area contributed by atoms with Gasteiger partial charge in [-0.1, -0.05) is 0 Å². The summed E-state index contributed by atoms with van der Waals surface area (Å²) in [4.78, 5) is 15.9. The zero-order chi connectivity index (χ0) is 16.2. The van der Waals surface area contributed by atoms with Crippen molar-refractivity contribution in [2.75, 3.05) is 56.1 Å². The summed E-state index contributed by atoms with van der Waals surface area (Å²) in [5.41, 5.74) is 0. The summed E-state index contributed by atoms with van der Waals surface area (Å²) in [7, 11) is 2.11. The first-order valence-corrected chi connectivity index (χ1v) is 8.78. The van der Waals surface area contributed by atoms with Crippen LogP contribution in [0.15, 0.2) is 12.4 Å². The average molecular weight is 319 g/mol. The largest absolute Gasteiger partial charge is 0.373 e. The molecule has 2 aliphatic heterocycles. The van der Waals surface area contributed by atoms with E-state index in [1.165, 1.54) is 12.8 Å². The van der Waals surface area contributed by atoms with Crippen molar-refractivity contribution in [3.63, 3.8) is 0 Å². The molecule has 0 radical (unpaired) electrons. The summed E-state index contributed by atoms with van der Waals surface area (Å²) in [6.45, 7) is 10.6. The van der Waals surface area contributed by atoms with E-state index in [1.54, 1.807) is 6.33 Å². The molecule has 2 saturated heterocycles. The summed E-state index contributed by atoms with van der Waals surface area (Å²) < 4.78 is 5.80. The van der Waals surface area contributed by atoms with Gasteiger partial charge in [0, 0.05) is 52.4 Å². The fourth-order valence-electron chi connectivity index (χ4n) is 3.54. The van der Waals surface area contributed by atoms with E-state index in [0.29, 0.717) is 12.2 Å². The molecule has 6 heteroatoms. The predicted octanol–water partition coefficient (Wildman–Crippen LogP) is 1.62. The van der Waals surface area contributed by atoms with Gasteiger partial charge in [-0.3, -0.25) is 4.90 Å². The lowest BCUT2D eigenvalue weighted by molar-refractivity contribution is -0.0670. The van der Waals surface area contributed by atoms with Gasteiger partial charge < -0.3 is 14.5 Å². The van der Waals surface area contributed by atoms with Crippen LogP contribution in [0.25, 0.3) is 0 Å². The minimum atomic E-state index is 0.324. The van der Waals surface area contributed by atoms with Crippen molar-refractivity contribution in [2.24, 2.45) is 0 Å². The Morgan fingerprint density at radius 3 is 2.57 bits per heavy atom. The van der Waals surface area contributed by atoms with Crippen molar-refractivity contribution in [3.8, 4) is 0 Å². The number of ether oxygens (including phenoxy) is 1. The van der Waals surface area contributed by atoms with E-state index in [4.69, 9.17) is 4.74 Å². The summed E-state index contributed by atoms with van der Waals surface area (Å²) in [5.74, 6) is 2.07. The molecular weight excluding hydrogens is 290 g/mol. The Hall–Kier alpha value is -1.40. The molecule has 3 heterocycles. The third-order valence-electron chi connectivity index (χ3n) is 4.71. The van der Waals surface area contributed by atoms with Gasteiger partial charge in [0.1, 0.15) is 18.0 Å². The molecule has 0 aliphatic carbocycles. The molecule has 6 nitrogen and oxygen atoms in total. The average Bonchev–Trinajstić information content (AvgIpc) is 3.06. The van der Waals surface area contributed by atoms with E-state index in [2.05, 4.69) is 51.6 Å². The molecule has 0 aromatic carbocycles. The van der Waals surface area contributed by atoms with Crippen LogP contribution in [0.3, 0.4) is 0 Å². The summed E-state index contributed by atoms with van der Waals surface area (Å²) in [6.07, 6.45) is 4.87. The minimum absolute atomic E-state index is 0.324. The first-order valence-electron chi connectivity index (χ1n) is 8.78. The lowest BCUT2D eigenvalue weighted by Crippen LogP contribution is -2.47. The second-order valence-corrected chi connectivity index (χ2v) is 6.87. The van der Waals surface area contributed by atoms with Crippen LogP contribution in [-0.4, -0.2) is 73.4 Å². The van der Waals surface area contributed by atoms with Crippen molar-refractivity contribution in [3.05, 3.63) is 12.4 Å². The minimum Gasteiger partial charge on any atom is -0.373 e. The van der Waals surface area contributed by atoms with E-state index in [-0.39, 0.29) is 0 Å². The van der Waals surface area contributed by atoms with Crippen LogP contribution >= 0.6 is 0 Å². The second kappa shape index (κ2) is 7.45. The molecule has 128 valence electrons. The van der Waals surface area contributed by atoms with Crippen LogP contribution < -0.4 is 9.80 Å². The van der Waals surface area contributed by atoms with Crippen molar-refractivity contribution in [1.82, 2.24) is 14.9 Å². The van der Waals surface area contributed by atoms with E-state index in [9.17, 15) is 0 Å². The van der Waals surface area contributed by atoms with Gasteiger partial charge in [0.05, 0.1) is 12.2 Å². The maximum Gasteiger partial charge on any atom is 0.134 e. The highest BCUT2D eigenvalue weighted by atomic mass is 16.5. The molecule has 0 saturated carbocycles. The molecule has 2 aliphatic rings. The lowest BCUT2D eigenvalue weighted by atomic mass is 10.2. The van der Waals surface area contributed by atoms with Crippen molar-refractivity contribution >= 4 is 11.6 Å². The third kappa shape index (κ3) is 4.32. The number of nitrogens with zero attached hydrogens (tertiary/aromatic N) is 5. The summed E-state index contributed by atoms with van der Waals surface area (Å²) in [6, 6.07) is 2.12. The number of hydrogen-bond acceptors (Lipinski definition) is 6. The van der Waals surface area contributed by atoms with Gasteiger partial charge in [0.15, 0.2) is 0 Å². The Morgan fingerprint density at radius 1 is 1.17 bits per heavy atom.